The first-order chi connectivity index (χ1) is 17.6. The summed E-state index contributed by atoms with van der Waals surface area (Å²) in [7, 11) is 2.03. The lowest BCUT2D eigenvalue weighted by molar-refractivity contribution is 0.918. The Morgan fingerprint density at radius 1 is 0.694 bits per heavy atom. The van der Waals surface area contributed by atoms with E-state index in [-0.39, 0.29) is 0 Å². The van der Waals surface area contributed by atoms with Crippen LogP contribution < -0.4 is 16.3 Å². The third-order valence-electron chi connectivity index (χ3n) is 6.64. The molecule has 0 aliphatic rings. The van der Waals surface area contributed by atoms with Crippen LogP contribution in [0.25, 0.3) is 38.4 Å². The molecule has 6 heteroatoms. The molecule has 1 aromatic heterocycles. The molecule has 0 aliphatic carbocycles. The summed E-state index contributed by atoms with van der Waals surface area (Å²) >= 11 is 0. The van der Waals surface area contributed by atoms with Crippen LogP contribution >= 0.6 is 0 Å². The van der Waals surface area contributed by atoms with Crippen molar-refractivity contribution in [1.29, 1.82) is 0 Å². The van der Waals surface area contributed by atoms with Gasteiger partial charge in [-0.25, -0.2) is 24.4 Å². The van der Waals surface area contributed by atoms with E-state index in [1.807, 2.05) is 25.2 Å². The lowest BCUT2D eigenvalue weighted by Crippen LogP contribution is -2.24. The van der Waals surface area contributed by atoms with Gasteiger partial charge in [-0.1, -0.05) is 66.7 Å². The average molecular weight is 473 g/mol. The van der Waals surface area contributed by atoms with Crippen molar-refractivity contribution in [2.45, 2.75) is 6.54 Å². The monoisotopic (exact) mass is 472 g/mol. The number of nitrogens with one attached hydrogen (secondary N) is 2. The number of aromatic amines is 2. The molecule has 176 valence electrons. The van der Waals surface area contributed by atoms with E-state index in [0.717, 1.165) is 10.3 Å². The minimum Gasteiger partial charge on any atom is -0.370 e. The summed E-state index contributed by atoms with van der Waals surface area (Å²) in [6.45, 7) is 0.709. The molecule has 6 rings (SSSR count). The molecule has 0 saturated carbocycles. The van der Waals surface area contributed by atoms with Crippen LogP contribution in [0.5, 0.6) is 0 Å². The Morgan fingerprint density at radius 2 is 1.36 bits per heavy atom. The van der Waals surface area contributed by atoms with E-state index < -0.39 is 11.4 Å². The van der Waals surface area contributed by atoms with Crippen LogP contribution in [-0.4, -0.2) is 21.8 Å². The fourth-order valence-electron chi connectivity index (χ4n) is 4.89. The van der Waals surface area contributed by atoms with Crippen molar-refractivity contribution in [2.75, 3.05) is 11.9 Å². The third kappa shape index (κ3) is 3.79. The predicted octanol–water partition coefficient (Wildman–Crippen LogP) is 5.46. The third-order valence-corrected chi connectivity index (χ3v) is 6.64. The molecule has 0 aliphatic heterocycles. The molecule has 5 aromatic carbocycles. The molecule has 0 amide bonds. The number of nitrogens with zero attached hydrogens (tertiary/aromatic N) is 2. The van der Waals surface area contributed by atoms with Gasteiger partial charge in [0.1, 0.15) is 0 Å². The van der Waals surface area contributed by atoms with Gasteiger partial charge in [0.2, 0.25) is 0 Å². The quantitative estimate of drug-likeness (QED) is 0.327. The predicted molar refractivity (Wildman–Crippen MR) is 146 cm³/mol. The van der Waals surface area contributed by atoms with Gasteiger partial charge in [-0.05, 0) is 74.6 Å². The highest BCUT2D eigenvalue weighted by molar-refractivity contribution is 6.12. The van der Waals surface area contributed by atoms with Crippen molar-refractivity contribution in [3.8, 4) is 16.8 Å². The molecule has 6 aromatic rings. The maximum absolute atomic E-state index is 11.9. The minimum absolute atomic E-state index is 0.487. The van der Waals surface area contributed by atoms with E-state index in [9.17, 15) is 9.59 Å². The maximum Gasteiger partial charge on any atom is 0.348 e. The number of rotatable bonds is 5. The Hall–Kier alpha value is -4.84. The summed E-state index contributed by atoms with van der Waals surface area (Å²) < 4.78 is 1.07. The van der Waals surface area contributed by atoms with Crippen LogP contribution in [0.15, 0.2) is 113 Å². The zero-order valence-electron chi connectivity index (χ0n) is 19.7. The summed E-state index contributed by atoms with van der Waals surface area (Å²) in [5, 5.41) is 9.53. The zero-order valence-corrected chi connectivity index (χ0v) is 19.7. The van der Waals surface area contributed by atoms with Gasteiger partial charge < -0.3 is 4.90 Å². The van der Waals surface area contributed by atoms with E-state index in [0.29, 0.717) is 12.2 Å². The fraction of sp³-hybridized carbons (Fsp3) is 0.0667. The normalized spacial score (nSPS) is 11.2. The molecule has 6 nitrogen and oxygen atoms in total. The van der Waals surface area contributed by atoms with Crippen molar-refractivity contribution in [3.63, 3.8) is 0 Å². The van der Waals surface area contributed by atoms with Crippen molar-refractivity contribution in [1.82, 2.24) is 14.8 Å². The summed E-state index contributed by atoms with van der Waals surface area (Å²) in [5.41, 5.74) is 4.18. The number of aromatic nitrogens is 3. The van der Waals surface area contributed by atoms with Crippen LogP contribution in [0.2, 0.25) is 0 Å². The fourth-order valence-corrected chi connectivity index (χ4v) is 4.89. The van der Waals surface area contributed by atoms with Gasteiger partial charge in [0.05, 0.1) is 5.69 Å². The SMILES string of the molecule is CN(Cc1ccc2cc3ccccc3c(-c3ccccc3)c2c1)c1ccc(-n2c(=O)[nH][nH]c2=O)cc1. The van der Waals surface area contributed by atoms with Crippen molar-refractivity contribution < 1.29 is 0 Å². The first-order valence-corrected chi connectivity index (χ1v) is 11.8. The molecule has 0 fully saturated rings. The topological polar surface area (TPSA) is 73.9 Å². The van der Waals surface area contributed by atoms with Crippen LogP contribution in [0.1, 0.15) is 5.56 Å². The number of anilines is 1. The molecule has 1 heterocycles. The molecule has 0 unspecified atom stereocenters. The second kappa shape index (κ2) is 8.74. The number of hydrogen-bond donors (Lipinski definition) is 2. The van der Waals surface area contributed by atoms with Crippen molar-refractivity contribution in [3.05, 3.63) is 130 Å². The Labute approximate surface area is 207 Å². The second-order valence-electron chi connectivity index (χ2n) is 8.96. The Balaban J connectivity index is 1.37. The second-order valence-corrected chi connectivity index (χ2v) is 8.96. The lowest BCUT2D eigenvalue weighted by atomic mass is 9.91. The highest BCUT2D eigenvalue weighted by Crippen LogP contribution is 2.37. The van der Waals surface area contributed by atoms with Gasteiger partial charge in [0.25, 0.3) is 0 Å². The highest BCUT2D eigenvalue weighted by Gasteiger charge is 2.12. The van der Waals surface area contributed by atoms with Crippen molar-refractivity contribution in [2.24, 2.45) is 0 Å². The molecule has 0 atom stereocenters. The molecule has 0 radical (unpaired) electrons. The Morgan fingerprint density at radius 3 is 2.11 bits per heavy atom. The number of hydrogen-bond acceptors (Lipinski definition) is 3. The largest absolute Gasteiger partial charge is 0.370 e. The molecular weight excluding hydrogens is 448 g/mol. The summed E-state index contributed by atoms with van der Waals surface area (Å²) in [5.74, 6) is 0. The van der Waals surface area contributed by atoms with Crippen molar-refractivity contribution >= 4 is 27.2 Å². The van der Waals surface area contributed by atoms with Gasteiger partial charge in [-0.3, -0.25) is 0 Å². The maximum atomic E-state index is 11.9. The number of H-pyrrole nitrogens is 2. The number of benzene rings is 5. The average Bonchev–Trinajstić information content (AvgIpc) is 3.25. The molecule has 2 N–H and O–H groups in total. The summed E-state index contributed by atoms with van der Waals surface area (Å²) in [6, 6.07) is 35.4. The van der Waals surface area contributed by atoms with E-state index in [1.54, 1.807) is 12.1 Å². The van der Waals surface area contributed by atoms with E-state index in [2.05, 4.69) is 87.9 Å². The lowest BCUT2D eigenvalue weighted by Gasteiger charge is -2.21. The van der Waals surface area contributed by atoms with E-state index in [4.69, 9.17) is 0 Å². The van der Waals surface area contributed by atoms with Gasteiger partial charge in [-0.15, -0.1) is 0 Å². The van der Waals surface area contributed by atoms with Crippen LogP contribution in [0, 0.1) is 0 Å². The molecule has 0 spiro atoms. The van der Waals surface area contributed by atoms with Gasteiger partial charge in [-0.2, -0.15) is 0 Å². The zero-order chi connectivity index (χ0) is 24.6. The Kier molecular flexibility index (Phi) is 5.26. The highest BCUT2D eigenvalue weighted by atomic mass is 16.2. The molecule has 0 bridgehead atoms. The van der Waals surface area contributed by atoms with Gasteiger partial charge >= 0.3 is 11.4 Å². The molecule has 0 saturated heterocycles. The smallest absolute Gasteiger partial charge is 0.348 e. The van der Waals surface area contributed by atoms with Gasteiger partial charge in [0.15, 0.2) is 0 Å². The first kappa shape index (κ1) is 21.7. The van der Waals surface area contributed by atoms with Crippen LogP contribution in [-0.2, 0) is 6.54 Å². The standard InChI is InChI=1S/C30H24N4O2/c1-33(24-13-15-25(16-14-24)34-29(35)31-32-30(34)36)19-20-11-12-23-18-22-9-5-6-10-26(22)28(27(23)17-20)21-7-3-2-4-8-21/h2-18H,19H2,1H3,(H,31,35)(H,32,36). The summed E-state index contributed by atoms with van der Waals surface area (Å²) in [4.78, 5) is 25.9. The van der Waals surface area contributed by atoms with Gasteiger partial charge in [0, 0.05) is 19.3 Å². The summed E-state index contributed by atoms with van der Waals surface area (Å²) in [6.07, 6.45) is 0. The Bertz CT molecular complexity index is 1790. The van der Waals surface area contributed by atoms with E-state index in [1.165, 1.54) is 38.2 Å². The number of fused-ring (bicyclic) bond motifs is 2. The van der Waals surface area contributed by atoms with Crippen LogP contribution in [0.4, 0.5) is 5.69 Å². The van der Waals surface area contributed by atoms with Crippen LogP contribution in [0.3, 0.4) is 0 Å². The molecule has 36 heavy (non-hydrogen) atoms. The molecular formula is C30H24N4O2. The minimum atomic E-state index is -0.487. The van der Waals surface area contributed by atoms with E-state index >= 15 is 0 Å². The first-order valence-electron chi connectivity index (χ1n) is 11.8.